The third-order valence-corrected chi connectivity index (χ3v) is 4.16. The summed E-state index contributed by atoms with van der Waals surface area (Å²) < 4.78 is 0. The van der Waals surface area contributed by atoms with Crippen molar-refractivity contribution in [2.75, 3.05) is 18.5 Å². The Morgan fingerprint density at radius 2 is 2.11 bits per heavy atom. The monoisotopic (exact) mass is 276 g/mol. The fraction of sp³-hybridized carbons (Fsp3) is 0.429. The van der Waals surface area contributed by atoms with Crippen molar-refractivity contribution < 1.29 is 0 Å². The Hall–Kier alpha value is -1.46. The lowest BCUT2D eigenvalue weighted by molar-refractivity contribution is 0.707. The second-order valence-electron chi connectivity index (χ2n) is 4.47. The predicted molar refractivity (Wildman–Crippen MR) is 80.5 cm³/mol. The van der Waals surface area contributed by atoms with Crippen LogP contribution < -0.4 is 10.2 Å². The number of rotatable bonds is 6. The van der Waals surface area contributed by atoms with E-state index in [1.807, 2.05) is 19.4 Å². The average Bonchev–Trinajstić information content (AvgIpc) is 2.98. The van der Waals surface area contributed by atoms with E-state index >= 15 is 0 Å². The summed E-state index contributed by atoms with van der Waals surface area (Å²) in [6, 6.07) is 4.51. The fourth-order valence-electron chi connectivity index (χ4n) is 1.78. The molecule has 0 saturated heterocycles. The Morgan fingerprint density at radius 3 is 2.68 bits per heavy atom. The van der Waals surface area contributed by atoms with Gasteiger partial charge in [-0.3, -0.25) is 0 Å². The smallest absolute Gasteiger partial charge is 0.225 e. The van der Waals surface area contributed by atoms with Crippen LogP contribution in [-0.2, 0) is 6.54 Å². The van der Waals surface area contributed by atoms with Gasteiger partial charge in [-0.15, -0.1) is 11.3 Å². The van der Waals surface area contributed by atoms with Crippen LogP contribution in [-0.4, -0.2) is 23.6 Å². The molecule has 0 aliphatic carbocycles. The molecule has 2 rings (SSSR count). The van der Waals surface area contributed by atoms with Crippen LogP contribution in [0.1, 0.15) is 30.3 Å². The van der Waals surface area contributed by atoms with Gasteiger partial charge in [0, 0.05) is 36.4 Å². The molecule has 0 radical (unpaired) electrons. The highest BCUT2D eigenvalue weighted by atomic mass is 32.1. The number of nitrogens with zero attached hydrogens (tertiary/aromatic N) is 3. The van der Waals surface area contributed by atoms with E-state index in [0.717, 1.165) is 24.6 Å². The second-order valence-corrected chi connectivity index (χ2v) is 5.45. The lowest BCUT2D eigenvalue weighted by Crippen LogP contribution is -2.23. The molecule has 19 heavy (non-hydrogen) atoms. The summed E-state index contributed by atoms with van der Waals surface area (Å²) >= 11 is 1.76. The molecule has 1 atom stereocenters. The van der Waals surface area contributed by atoms with Crippen molar-refractivity contribution in [2.45, 2.75) is 26.4 Å². The molecule has 0 amide bonds. The molecule has 2 aromatic rings. The average molecular weight is 276 g/mol. The van der Waals surface area contributed by atoms with Gasteiger partial charge in [0.1, 0.15) is 0 Å². The Bertz CT molecular complexity index is 481. The van der Waals surface area contributed by atoms with Gasteiger partial charge in [0.05, 0.1) is 6.04 Å². The first kappa shape index (κ1) is 14.0. The lowest BCUT2D eigenvalue weighted by atomic mass is 10.2. The van der Waals surface area contributed by atoms with Crippen molar-refractivity contribution in [3.63, 3.8) is 0 Å². The van der Waals surface area contributed by atoms with E-state index in [1.54, 1.807) is 11.3 Å². The summed E-state index contributed by atoms with van der Waals surface area (Å²) in [7, 11) is 2.03. The van der Waals surface area contributed by atoms with Crippen molar-refractivity contribution in [3.8, 4) is 0 Å². The molecule has 1 N–H and O–H groups in total. The summed E-state index contributed by atoms with van der Waals surface area (Å²) in [5.41, 5.74) is 1.11. The normalized spacial score (nSPS) is 12.4. The lowest BCUT2D eigenvalue weighted by Gasteiger charge is -2.23. The largest absolute Gasteiger partial charge is 0.336 e. The molecule has 2 heterocycles. The van der Waals surface area contributed by atoms with Crippen LogP contribution in [0.15, 0.2) is 29.9 Å². The fourth-order valence-corrected chi connectivity index (χ4v) is 2.61. The van der Waals surface area contributed by atoms with Gasteiger partial charge in [-0.1, -0.05) is 13.0 Å². The summed E-state index contributed by atoms with van der Waals surface area (Å²) in [6.45, 7) is 6.03. The molecule has 0 saturated carbocycles. The third kappa shape index (κ3) is 3.52. The minimum atomic E-state index is 0.291. The Kier molecular flexibility index (Phi) is 4.87. The number of hydrogen-bond donors (Lipinski definition) is 1. The van der Waals surface area contributed by atoms with E-state index in [1.165, 1.54) is 4.88 Å². The van der Waals surface area contributed by atoms with Gasteiger partial charge in [-0.25, -0.2) is 9.97 Å². The highest BCUT2D eigenvalue weighted by Crippen LogP contribution is 2.25. The van der Waals surface area contributed by atoms with E-state index in [4.69, 9.17) is 0 Å². The van der Waals surface area contributed by atoms with Gasteiger partial charge < -0.3 is 10.2 Å². The number of thiophene rings is 1. The molecule has 5 heteroatoms. The van der Waals surface area contributed by atoms with Crippen molar-refractivity contribution >= 4 is 17.3 Å². The zero-order chi connectivity index (χ0) is 13.7. The van der Waals surface area contributed by atoms with Crippen molar-refractivity contribution in [3.05, 3.63) is 40.3 Å². The third-order valence-electron chi connectivity index (χ3n) is 3.12. The quantitative estimate of drug-likeness (QED) is 0.881. The van der Waals surface area contributed by atoms with Crippen LogP contribution in [0, 0.1) is 0 Å². The molecule has 0 spiro atoms. The highest BCUT2D eigenvalue weighted by Gasteiger charge is 2.15. The van der Waals surface area contributed by atoms with Crippen LogP contribution in [0.3, 0.4) is 0 Å². The molecule has 0 bridgehead atoms. The SMILES string of the molecule is CCNCc1cnc(N(C)C(C)c2cccs2)nc1. The highest BCUT2D eigenvalue weighted by molar-refractivity contribution is 7.10. The molecule has 0 fully saturated rings. The predicted octanol–water partition coefficient (Wildman–Crippen LogP) is 2.85. The minimum absolute atomic E-state index is 0.291. The van der Waals surface area contributed by atoms with Crippen molar-refractivity contribution in [1.29, 1.82) is 0 Å². The molecule has 4 nitrogen and oxygen atoms in total. The molecule has 2 aromatic heterocycles. The Morgan fingerprint density at radius 1 is 1.37 bits per heavy atom. The zero-order valence-electron chi connectivity index (χ0n) is 11.6. The number of aromatic nitrogens is 2. The Balaban J connectivity index is 2.05. The maximum atomic E-state index is 4.44. The number of hydrogen-bond acceptors (Lipinski definition) is 5. The molecular formula is C14H20N4S. The maximum Gasteiger partial charge on any atom is 0.225 e. The van der Waals surface area contributed by atoms with Crippen molar-refractivity contribution in [2.24, 2.45) is 0 Å². The van der Waals surface area contributed by atoms with Crippen LogP contribution >= 0.6 is 11.3 Å². The minimum Gasteiger partial charge on any atom is -0.336 e. The molecule has 102 valence electrons. The summed E-state index contributed by atoms with van der Waals surface area (Å²) in [4.78, 5) is 12.3. The van der Waals surface area contributed by atoms with E-state index < -0.39 is 0 Å². The van der Waals surface area contributed by atoms with Gasteiger partial charge in [0.25, 0.3) is 0 Å². The summed E-state index contributed by atoms with van der Waals surface area (Å²) in [5, 5.41) is 5.36. The first-order valence-corrected chi connectivity index (χ1v) is 7.38. The van der Waals surface area contributed by atoms with E-state index in [-0.39, 0.29) is 0 Å². The molecular weight excluding hydrogens is 256 g/mol. The maximum absolute atomic E-state index is 4.44. The van der Waals surface area contributed by atoms with Crippen LogP contribution in [0.4, 0.5) is 5.95 Å². The first-order chi connectivity index (χ1) is 9.22. The topological polar surface area (TPSA) is 41.1 Å². The molecule has 0 aromatic carbocycles. The van der Waals surface area contributed by atoms with E-state index in [2.05, 4.69) is 51.5 Å². The van der Waals surface area contributed by atoms with Gasteiger partial charge in [-0.05, 0) is 24.9 Å². The van der Waals surface area contributed by atoms with Gasteiger partial charge in [-0.2, -0.15) is 0 Å². The molecule has 0 aliphatic heterocycles. The van der Waals surface area contributed by atoms with Crippen LogP contribution in [0.25, 0.3) is 0 Å². The molecule has 0 aliphatic rings. The molecule has 1 unspecified atom stereocenters. The second kappa shape index (κ2) is 6.63. The van der Waals surface area contributed by atoms with Crippen LogP contribution in [0.2, 0.25) is 0 Å². The summed E-state index contributed by atoms with van der Waals surface area (Å²) in [6.07, 6.45) is 3.78. The van der Waals surface area contributed by atoms with E-state index in [9.17, 15) is 0 Å². The van der Waals surface area contributed by atoms with Gasteiger partial charge in [0.2, 0.25) is 5.95 Å². The Labute approximate surface area is 118 Å². The van der Waals surface area contributed by atoms with Gasteiger partial charge >= 0.3 is 0 Å². The van der Waals surface area contributed by atoms with Crippen LogP contribution in [0.5, 0.6) is 0 Å². The standard InChI is InChI=1S/C14H20N4S/c1-4-15-8-12-9-16-14(17-10-12)18(3)11(2)13-6-5-7-19-13/h5-7,9-11,15H,4,8H2,1-3H3. The van der Waals surface area contributed by atoms with Crippen molar-refractivity contribution in [1.82, 2.24) is 15.3 Å². The van der Waals surface area contributed by atoms with Gasteiger partial charge in [0.15, 0.2) is 0 Å². The first-order valence-electron chi connectivity index (χ1n) is 6.50. The zero-order valence-corrected chi connectivity index (χ0v) is 12.4. The summed E-state index contributed by atoms with van der Waals surface area (Å²) in [5.74, 6) is 0.765. The van der Waals surface area contributed by atoms with E-state index in [0.29, 0.717) is 6.04 Å². The number of nitrogens with one attached hydrogen (secondary N) is 1. The number of anilines is 1.